The van der Waals surface area contributed by atoms with E-state index in [1.165, 1.54) is 0 Å². The molecule has 0 radical (unpaired) electrons. The first-order valence-electron chi connectivity index (χ1n) is 10.1. The highest BCUT2D eigenvalue weighted by molar-refractivity contribution is 7.09. The predicted molar refractivity (Wildman–Crippen MR) is 115 cm³/mol. The van der Waals surface area contributed by atoms with Gasteiger partial charge in [0.05, 0.1) is 36.8 Å². The average Bonchev–Trinajstić information content (AvgIpc) is 3.44. The van der Waals surface area contributed by atoms with Crippen molar-refractivity contribution < 1.29 is 28.5 Å². The number of thiophene rings is 1. The zero-order chi connectivity index (χ0) is 21.8. The lowest BCUT2D eigenvalue weighted by Crippen LogP contribution is -2.29. The lowest BCUT2D eigenvalue weighted by Gasteiger charge is -2.30. The van der Waals surface area contributed by atoms with Gasteiger partial charge in [-0.25, -0.2) is 9.59 Å². The molecule has 2 aliphatic rings. The number of esters is 2. The first-order valence-corrected chi connectivity index (χ1v) is 10.9. The molecule has 3 heterocycles. The lowest BCUT2D eigenvalue weighted by molar-refractivity contribution is -0.139. The van der Waals surface area contributed by atoms with Crippen molar-refractivity contribution in [2.45, 2.75) is 26.3 Å². The van der Waals surface area contributed by atoms with E-state index in [-0.39, 0.29) is 20.0 Å². The standard InChI is InChI=1S/C23H23NO6S/c1-3-27-22(25)17-12-24(11-16-6-5-9-31-16)13-18(23(26)28-4-2)21(17)15-7-8-19-20(10-15)30-14-29-19/h5-10,12-13,21H,3-4,11,14H2,1-2H3. The van der Waals surface area contributed by atoms with E-state index >= 15 is 0 Å². The first-order chi connectivity index (χ1) is 15.1. The molecule has 0 spiro atoms. The van der Waals surface area contributed by atoms with Crippen molar-refractivity contribution >= 4 is 23.3 Å². The molecule has 1 aromatic carbocycles. The normalized spacial score (nSPS) is 15.4. The maximum absolute atomic E-state index is 12.9. The number of nitrogens with zero attached hydrogens (tertiary/aromatic N) is 1. The Morgan fingerprint density at radius 2 is 1.71 bits per heavy atom. The third-order valence-electron chi connectivity index (χ3n) is 4.90. The average molecular weight is 442 g/mol. The number of hydrogen-bond donors (Lipinski definition) is 0. The van der Waals surface area contributed by atoms with Gasteiger partial charge in [0, 0.05) is 17.3 Å². The van der Waals surface area contributed by atoms with Gasteiger partial charge in [-0.3, -0.25) is 0 Å². The maximum atomic E-state index is 12.9. The Kier molecular flexibility index (Phi) is 6.27. The second kappa shape index (κ2) is 9.26. The van der Waals surface area contributed by atoms with Crippen LogP contribution >= 0.6 is 11.3 Å². The summed E-state index contributed by atoms with van der Waals surface area (Å²) in [6, 6.07) is 9.37. The molecule has 0 fully saturated rings. The molecule has 1 aromatic heterocycles. The van der Waals surface area contributed by atoms with Crippen LogP contribution in [-0.4, -0.2) is 36.8 Å². The molecular formula is C23H23NO6S. The summed E-state index contributed by atoms with van der Waals surface area (Å²) in [5, 5.41) is 1.99. The summed E-state index contributed by atoms with van der Waals surface area (Å²) in [6.45, 7) is 4.63. The van der Waals surface area contributed by atoms with Crippen LogP contribution in [0, 0.1) is 0 Å². The molecule has 0 bridgehead atoms. The van der Waals surface area contributed by atoms with Gasteiger partial charge in [0.15, 0.2) is 11.5 Å². The van der Waals surface area contributed by atoms with Gasteiger partial charge in [0.25, 0.3) is 0 Å². The minimum atomic E-state index is -0.646. The largest absolute Gasteiger partial charge is 0.463 e. The smallest absolute Gasteiger partial charge is 0.336 e. The van der Waals surface area contributed by atoms with Crippen LogP contribution in [0.1, 0.15) is 30.2 Å². The number of ether oxygens (including phenoxy) is 4. The number of benzene rings is 1. The van der Waals surface area contributed by atoms with Crippen molar-refractivity contribution in [3.8, 4) is 11.5 Å². The molecule has 162 valence electrons. The highest BCUT2D eigenvalue weighted by Crippen LogP contribution is 2.42. The highest BCUT2D eigenvalue weighted by atomic mass is 32.1. The molecule has 0 saturated heterocycles. The lowest BCUT2D eigenvalue weighted by atomic mass is 9.83. The van der Waals surface area contributed by atoms with E-state index in [0.717, 1.165) is 10.4 Å². The van der Waals surface area contributed by atoms with Crippen LogP contribution in [0.15, 0.2) is 59.3 Å². The Morgan fingerprint density at radius 1 is 1.03 bits per heavy atom. The Hall–Kier alpha value is -3.26. The van der Waals surface area contributed by atoms with E-state index < -0.39 is 17.9 Å². The second-order valence-corrected chi connectivity index (χ2v) is 7.94. The summed E-state index contributed by atoms with van der Waals surface area (Å²) in [7, 11) is 0. The van der Waals surface area contributed by atoms with Gasteiger partial charge in [-0.15, -0.1) is 11.3 Å². The zero-order valence-corrected chi connectivity index (χ0v) is 18.1. The quantitative estimate of drug-likeness (QED) is 0.602. The van der Waals surface area contributed by atoms with Gasteiger partial charge in [0.1, 0.15) is 0 Å². The summed E-state index contributed by atoms with van der Waals surface area (Å²) in [4.78, 5) is 28.8. The first kappa shape index (κ1) is 21.0. The van der Waals surface area contributed by atoms with E-state index in [1.807, 2.05) is 28.5 Å². The molecule has 0 unspecified atom stereocenters. The van der Waals surface area contributed by atoms with Crippen molar-refractivity contribution in [1.29, 1.82) is 0 Å². The summed E-state index contributed by atoms with van der Waals surface area (Å²) >= 11 is 1.60. The molecule has 8 heteroatoms. The molecule has 0 saturated carbocycles. The SMILES string of the molecule is CCOC(=O)C1=CN(Cc2cccs2)C=C(C(=O)OCC)C1c1ccc2c(c1)OCO2. The van der Waals surface area contributed by atoms with Crippen molar-refractivity contribution in [3.05, 3.63) is 69.7 Å². The third kappa shape index (κ3) is 4.44. The zero-order valence-electron chi connectivity index (χ0n) is 17.3. The van der Waals surface area contributed by atoms with Crippen LogP contribution in [0.5, 0.6) is 11.5 Å². The number of fused-ring (bicyclic) bond motifs is 1. The maximum Gasteiger partial charge on any atom is 0.336 e. The number of hydrogen-bond acceptors (Lipinski definition) is 8. The van der Waals surface area contributed by atoms with Crippen LogP contribution in [0.25, 0.3) is 0 Å². The van der Waals surface area contributed by atoms with Gasteiger partial charge in [0.2, 0.25) is 6.79 Å². The van der Waals surface area contributed by atoms with Crippen LogP contribution in [0.3, 0.4) is 0 Å². The Labute approximate surface area is 184 Å². The van der Waals surface area contributed by atoms with Gasteiger partial charge >= 0.3 is 11.9 Å². The van der Waals surface area contributed by atoms with Gasteiger partial charge in [-0.1, -0.05) is 12.1 Å². The molecule has 0 N–H and O–H groups in total. The van der Waals surface area contributed by atoms with Crippen molar-refractivity contribution in [2.75, 3.05) is 20.0 Å². The minimum Gasteiger partial charge on any atom is -0.463 e. The van der Waals surface area contributed by atoms with Crippen molar-refractivity contribution in [3.63, 3.8) is 0 Å². The van der Waals surface area contributed by atoms with Gasteiger partial charge in [-0.2, -0.15) is 0 Å². The summed E-state index contributed by atoms with van der Waals surface area (Å²) in [5.41, 5.74) is 1.45. The second-order valence-electron chi connectivity index (χ2n) is 6.91. The Bertz CT molecular complexity index is 991. The van der Waals surface area contributed by atoms with Crippen molar-refractivity contribution in [2.24, 2.45) is 0 Å². The number of carbonyl (C=O) groups excluding carboxylic acids is 2. The van der Waals surface area contributed by atoms with Gasteiger partial charge in [-0.05, 0) is 43.0 Å². The van der Waals surface area contributed by atoms with E-state index in [2.05, 4.69) is 0 Å². The fourth-order valence-electron chi connectivity index (χ4n) is 3.61. The molecule has 0 amide bonds. The third-order valence-corrected chi connectivity index (χ3v) is 5.76. The van der Waals surface area contributed by atoms with Crippen molar-refractivity contribution in [1.82, 2.24) is 4.90 Å². The molecule has 2 aliphatic heterocycles. The Morgan fingerprint density at radius 3 is 2.32 bits per heavy atom. The molecule has 2 aromatic rings. The van der Waals surface area contributed by atoms with Crippen LogP contribution in [-0.2, 0) is 25.6 Å². The van der Waals surface area contributed by atoms with Crippen LogP contribution in [0.2, 0.25) is 0 Å². The molecule has 7 nitrogen and oxygen atoms in total. The molecular weight excluding hydrogens is 418 g/mol. The van der Waals surface area contributed by atoms with E-state index in [4.69, 9.17) is 18.9 Å². The van der Waals surface area contributed by atoms with E-state index in [9.17, 15) is 9.59 Å². The number of carbonyl (C=O) groups is 2. The van der Waals surface area contributed by atoms with Crippen LogP contribution in [0.4, 0.5) is 0 Å². The minimum absolute atomic E-state index is 0.138. The molecule has 0 atom stereocenters. The summed E-state index contributed by atoms with van der Waals surface area (Å²) in [6.07, 6.45) is 3.49. The van der Waals surface area contributed by atoms with E-state index in [1.54, 1.807) is 49.7 Å². The monoisotopic (exact) mass is 441 g/mol. The predicted octanol–water partition coefficient (Wildman–Crippen LogP) is 3.97. The molecule has 0 aliphatic carbocycles. The van der Waals surface area contributed by atoms with E-state index in [0.29, 0.717) is 29.2 Å². The highest BCUT2D eigenvalue weighted by Gasteiger charge is 2.36. The van der Waals surface area contributed by atoms with Crippen LogP contribution < -0.4 is 9.47 Å². The summed E-state index contributed by atoms with van der Waals surface area (Å²) in [5.74, 6) is -0.396. The summed E-state index contributed by atoms with van der Waals surface area (Å²) < 4.78 is 21.6. The fourth-order valence-corrected chi connectivity index (χ4v) is 4.32. The molecule has 4 rings (SSSR count). The number of rotatable bonds is 7. The van der Waals surface area contributed by atoms with Gasteiger partial charge < -0.3 is 23.8 Å². The fraction of sp³-hybridized carbons (Fsp3) is 0.304. The molecule has 31 heavy (non-hydrogen) atoms. The Balaban J connectivity index is 1.78. The topological polar surface area (TPSA) is 74.3 Å².